The highest BCUT2D eigenvalue weighted by atomic mass is 35.5. The summed E-state index contributed by atoms with van der Waals surface area (Å²) in [4.78, 5) is 38.3. The van der Waals surface area contributed by atoms with E-state index in [0.29, 0.717) is 45.5 Å². The molecule has 4 heterocycles. The summed E-state index contributed by atoms with van der Waals surface area (Å²) in [5.41, 5.74) is 3.41. The molecule has 0 spiro atoms. The Morgan fingerprint density at radius 2 is 1.93 bits per heavy atom. The van der Waals surface area contributed by atoms with Gasteiger partial charge in [0.15, 0.2) is 22.4 Å². The molecular weight excluding hydrogens is 588 g/mol. The average molecular weight is 615 g/mol. The molecule has 6 rings (SSSR count). The van der Waals surface area contributed by atoms with Crippen molar-refractivity contribution in [3.63, 3.8) is 0 Å². The normalized spacial score (nSPS) is 16.4. The quantitative estimate of drug-likeness (QED) is 0.0886. The minimum absolute atomic E-state index is 0.103. The Kier molecular flexibility index (Phi) is 7.41. The Morgan fingerprint density at radius 1 is 1.12 bits per heavy atom. The number of thiazole rings is 1. The lowest BCUT2D eigenvalue weighted by molar-refractivity contribution is -0.132. The fourth-order valence-electron chi connectivity index (χ4n) is 5.24. The number of carbonyl (C=O) groups is 2. The summed E-state index contributed by atoms with van der Waals surface area (Å²) in [6, 6.07) is 13.1. The van der Waals surface area contributed by atoms with Crippen LogP contribution in [0.5, 0.6) is 11.5 Å². The Hall–Kier alpha value is -4.67. The Balaban J connectivity index is 1.59. The molecule has 5 aromatic rings. The van der Waals surface area contributed by atoms with Gasteiger partial charge in [0, 0.05) is 11.2 Å². The SMILES string of the molecule is C=CCOc1ccc(C2C(=C(O)c3nc4c(C)cccn4c3C)C(=O)C(=O)N2c2nc3ccc(Cl)cc3s2)cc1OCC. The topological polar surface area (TPSA) is 106 Å². The molecule has 11 heteroatoms. The van der Waals surface area contributed by atoms with Crippen molar-refractivity contribution in [3.05, 3.63) is 100 Å². The molecule has 0 aliphatic carbocycles. The van der Waals surface area contributed by atoms with Gasteiger partial charge in [-0.2, -0.15) is 0 Å². The van der Waals surface area contributed by atoms with Crippen LogP contribution >= 0.6 is 22.9 Å². The van der Waals surface area contributed by atoms with Gasteiger partial charge in [0.1, 0.15) is 17.9 Å². The van der Waals surface area contributed by atoms with Gasteiger partial charge in [0.2, 0.25) is 0 Å². The zero-order valence-corrected chi connectivity index (χ0v) is 25.2. The average Bonchev–Trinajstić information content (AvgIpc) is 3.64. The predicted molar refractivity (Wildman–Crippen MR) is 167 cm³/mol. The molecule has 218 valence electrons. The third-order valence-electron chi connectivity index (χ3n) is 7.24. The summed E-state index contributed by atoms with van der Waals surface area (Å²) < 4.78 is 14.2. The van der Waals surface area contributed by atoms with Gasteiger partial charge in [0.05, 0.1) is 34.1 Å². The predicted octanol–water partition coefficient (Wildman–Crippen LogP) is 6.80. The third kappa shape index (κ3) is 4.82. The van der Waals surface area contributed by atoms with Crippen LogP contribution in [0.4, 0.5) is 5.13 Å². The van der Waals surface area contributed by atoms with Crippen LogP contribution in [0.2, 0.25) is 5.02 Å². The van der Waals surface area contributed by atoms with Crippen LogP contribution in [0.15, 0.2) is 73.0 Å². The first-order chi connectivity index (χ1) is 20.7. The lowest BCUT2D eigenvalue weighted by atomic mass is 9.96. The number of ketones is 1. The number of hydrogen-bond donors (Lipinski definition) is 1. The van der Waals surface area contributed by atoms with E-state index < -0.39 is 17.7 Å². The van der Waals surface area contributed by atoms with E-state index in [1.807, 2.05) is 36.6 Å². The van der Waals surface area contributed by atoms with Crippen molar-refractivity contribution in [2.45, 2.75) is 26.8 Å². The summed E-state index contributed by atoms with van der Waals surface area (Å²) in [6.07, 6.45) is 3.46. The number of anilines is 1. The molecule has 1 unspecified atom stereocenters. The largest absolute Gasteiger partial charge is 0.505 e. The number of aryl methyl sites for hydroxylation is 2. The lowest BCUT2D eigenvalue weighted by Crippen LogP contribution is -2.29. The van der Waals surface area contributed by atoms with E-state index in [4.69, 9.17) is 21.1 Å². The van der Waals surface area contributed by atoms with E-state index >= 15 is 0 Å². The first kappa shape index (κ1) is 28.4. The Morgan fingerprint density at radius 3 is 2.67 bits per heavy atom. The lowest BCUT2D eigenvalue weighted by Gasteiger charge is -2.24. The van der Waals surface area contributed by atoms with Crippen molar-refractivity contribution in [1.29, 1.82) is 0 Å². The van der Waals surface area contributed by atoms with Crippen molar-refractivity contribution in [1.82, 2.24) is 14.4 Å². The van der Waals surface area contributed by atoms with Crippen molar-refractivity contribution >= 4 is 61.4 Å². The second-order valence-corrected chi connectivity index (χ2v) is 11.4. The molecule has 1 amide bonds. The molecule has 1 fully saturated rings. The monoisotopic (exact) mass is 614 g/mol. The van der Waals surface area contributed by atoms with E-state index in [0.717, 1.165) is 10.3 Å². The molecular formula is C32H27ClN4O5S. The van der Waals surface area contributed by atoms with Crippen LogP contribution in [0.1, 0.15) is 35.5 Å². The van der Waals surface area contributed by atoms with Gasteiger partial charge in [-0.15, -0.1) is 0 Å². The summed E-state index contributed by atoms with van der Waals surface area (Å²) in [6.45, 7) is 9.87. The zero-order valence-electron chi connectivity index (χ0n) is 23.6. The molecule has 3 aromatic heterocycles. The fraction of sp³-hybridized carbons (Fsp3) is 0.188. The van der Waals surface area contributed by atoms with Crippen molar-refractivity contribution in [2.24, 2.45) is 0 Å². The number of halogens is 1. The maximum Gasteiger partial charge on any atom is 0.301 e. The van der Waals surface area contributed by atoms with Gasteiger partial charge in [-0.25, -0.2) is 9.97 Å². The summed E-state index contributed by atoms with van der Waals surface area (Å²) >= 11 is 7.44. The molecule has 1 saturated heterocycles. The molecule has 1 aliphatic heterocycles. The molecule has 43 heavy (non-hydrogen) atoms. The number of aromatic nitrogens is 3. The molecule has 9 nitrogen and oxygen atoms in total. The maximum absolute atomic E-state index is 13.8. The number of benzene rings is 2. The number of nitrogens with zero attached hydrogens (tertiary/aromatic N) is 4. The molecule has 2 aromatic carbocycles. The van der Waals surface area contributed by atoms with Gasteiger partial charge in [-0.1, -0.05) is 47.7 Å². The van der Waals surface area contributed by atoms with E-state index in [2.05, 4.69) is 16.5 Å². The highest BCUT2D eigenvalue weighted by molar-refractivity contribution is 7.22. The minimum Gasteiger partial charge on any atom is -0.505 e. The summed E-state index contributed by atoms with van der Waals surface area (Å²) in [7, 11) is 0. The van der Waals surface area contributed by atoms with Gasteiger partial charge in [0.25, 0.3) is 5.78 Å². The van der Waals surface area contributed by atoms with Crippen LogP contribution in [-0.2, 0) is 9.59 Å². The number of Topliss-reactive ketones (excluding diaryl/α,β-unsaturated/α-hetero) is 1. The highest BCUT2D eigenvalue weighted by Crippen LogP contribution is 2.46. The van der Waals surface area contributed by atoms with Gasteiger partial charge >= 0.3 is 5.91 Å². The molecule has 1 aliphatic rings. The van der Waals surface area contributed by atoms with Gasteiger partial charge in [-0.3, -0.25) is 14.5 Å². The molecule has 0 saturated carbocycles. The van der Waals surface area contributed by atoms with Gasteiger partial charge in [-0.05, 0) is 68.3 Å². The number of amides is 1. The van der Waals surface area contributed by atoms with Crippen LogP contribution in [0.3, 0.4) is 0 Å². The van der Waals surface area contributed by atoms with Gasteiger partial charge < -0.3 is 19.0 Å². The zero-order chi connectivity index (χ0) is 30.4. The van der Waals surface area contributed by atoms with E-state index in [1.54, 1.807) is 49.4 Å². The number of ether oxygens (including phenoxy) is 2. The highest BCUT2D eigenvalue weighted by Gasteiger charge is 2.49. The van der Waals surface area contributed by atoms with E-state index in [-0.39, 0.29) is 28.8 Å². The van der Waals surface area contributed by atoms with Crippen LogP contribution in [-0.4, -0.2) is 44.4 Å². The van der Waals surface area contributed by atoms with Crippen LogP contribution in [0, 0.1) is 13.8 Å². The maximum atomic E-state index is 13.8. The number of carbonyl (C=O) groups excluding carboxylic acids is 2. The number of hydrogen-bond acceptors (Lipinski definition) is 8. The number of aliphatic hydroxyl groups is 1. The minimum atomic E-state index is -1.03. The van der Waals surface area contributed by atoms with Crippen LogP contribution < -0.4 is 14.4 Å². The van der Waals surface area contributed by atoms with Crippen molar-refractivity contribution < 1.29 is 24.2 Å². The number of imidazole rings is 1. The number of aliphatic hydroxyl groups excluding tert-OH is 1. The molecule has 1 atom stereocenters. The Bertz CT molecular complexity index is 1980. The standard InChI is InChI=1S/C32H27ClN4O5S/c1-5-14-42-22-12-9-19(15-23(22)41-6-2)27-25(28(38)26-18(4)36-13-7-8-17(3)30(36)35-26)29(39)31(40)37(27)32-34-21-11-10-20(33)16-24(21)43-32/h5,7-13,15-16,27,38H,1,6,14H2,2-4H3. The molecule has 0 radical (unpaired) electrons. The third-order valence-corrected chi connectivity index (χ3v) is 8.49. The second kappa shape index (κ2) is 11.2. The van der Waals surface area contributed by atoms with Crippen molar-refractivity contribution in [3.8, 4) is 11.5 Å². The van der Waals surface area contributed by atoms with E-state index in [9.17, 15) is 14.7 Å². The Labute approximate surface area is 256 Å². The summed E-state index contributed by atoms with van der Waals surface area (Å²) in [5.74, 6) is -1.15. The number of rotatable bonds is 8. The first-order valence-electron chi connectivity index (χ1n) is 13.6. The number of fused-ring (bicyclic) bond motifs is 2. The van der Waals surface area contributed by atoms with E-state index in [1.165, 1.54) is 16.2 Å². The second-order valence-electron chi connectivity index (χ2n) is 9.95. The smallest absolute Gasteiger partial charge is 0.301 e. The van der Waals surface area contributed by atoms with Crippen LogP contribution in [0.25, 0.3) is 21.6 Å². The van der Waals surface area contributed by atoms with Crippen molar-refractivity contribution in [2.75, 3.05) is 18.1 Å². The number of pyridine rings is 1. The first-order valence-corrected chi connectivity index (χ1v) is 14.7. The molecule has 0 bridgehead atoms. The molecule has 1 N–H and O–H groups in total. The fourth-order valence-corrected chi connectivity index (χ4v) is 6.51. The summed E-state index contributed by atoms with van der Waals surface area (Å²) in [5, 5.41) is 12.6.